The topological polar surface area (TPSA) is 80.3 Å². The lowest BCUT2D eigenvalue weighted by atomic mass is 10.4. The van der Waals surface area contributed by atoms with Gasteiger partial charge in [0.15, 0.2) is 0 Å². The van der Waals surface area contributed by atoms with Crippen LogP contribution >= 0.6 is 0 Å². The van der Waals surface area contributed by atoms with Crippen molar-refractivity contribution >= 4 is 22.2 Å². The lowest BCUT2D eigenvalue weighted by molar-refractivity contribution is 0.507. The van der Waals surface area contributed by atoms with Crippen LogP contribution in [-0.2, 0) is 22.2 Å². The summed E-state index contributed by atoms with van der Waals surface area (Å²) in [6, 6.07) is 0. The molecule has 0 saturated carbocycles. The molecule has 0 aromatic heterocycles. The third-order valence-electron chi connectivity index (χ3n) is 0.954. The number of hydrogen-bond acceptors (Lipinski definition) is 4. The van der Waals surface area contributed by atoms with E-state index in [1.807, 2.05) is 0 Å². The maximum absolute atomic E-state index is 10.1. The number of rotatable bonds is 4. The zero-order chi connectivity index (χ0) is 8.15. The van der Waals surface area contributed by atoms with Gasteiger partial charge in [-0.2, -0.15) is 0 Å². The molecular formula is C4H8O4S2-2. The van der Waals surface area contributed by atoms with Crippen molar-refractivity contribution in [2.45, 2.75) is 24.3 Å². The molecule has 0 bridgehead atoms. The second kappa shape index (κ2) is 4.95. The highest BCUT2D eigenvalue weighted by Crippen LogP contribution is 2.05. The minimum atomic E-state index is -2.50. The maximum Gasteiger partial charge on any atom is 0.0836 e. The van der Waals surface area contributed by atoms with E-state index in [1.54, 1.807) is 6.92 Å². The Kier molecular flexibility index (Phi) is 5.06. The molecule has 0 spiro atoms. The molecule has 2 atom stereocenters. The Morgan fingerprint density at radius 1 is 1.30 bits per heavy atom. The summed E-state index contributed by atoms with van der Waals surface area (Å²) >= 11 is -4.99. The first-order valence-electron chi connectivity index (χ1n) is 2.75. The van der Waals surface area contributed by atoms with Crippen LogP contribution in [0.2, 0.25) is 0 Å². The Balaban J connectivity index is 3.98. The first-order valence-corrected chi connectivity index (χ1v) is 5.03. The predicted octanol–water partition coefficient (Wildman–Crippen LogP) is -0.129. The SMILES string of the molecule is CCCC(S(=O)[O-])S(=O)[O-]. The summed E-state index contributed by atoms with van der Waals surface area (Å²) in [6.45, 7) is 1.73. The van der Waals surface area contributed by atoms with Crippen molar-refractivity contribution in [2.75, 3.05) is 0 Å². The minimum absolute atomic E-state index is 0.173. The second-order valence-electron chi connectivity index (χ2n) is 1.74. The van der Waals surface area contributed by atoms with E-state index in [0.717, 1.165) is 0 Å². The van der Waals surface area contributed by atoms with E-state index in [4.69, 9.17) is 0 Å². The quantitative estimate of drug-likeness (QED) is 0.570. The first-order chi connectivity index (χ1) is 4.59. The molecule has 4 nitrogen and oxygen atoms in total. The van der Waals surface area contributed by atoms with Crippen molar-refractivity contribution in [1.82, 2.24) is 0 Å². The van der Waals surface area contributed by atoms with Gasteiger partial charge in [0.2, 0.25) is 0 Å². The molecule has 0 amide bonds. The summed E-state index contributed by atoms with van der Waals surface area (Å²) in [6.07, 6.45) is 0.721. The van der Waals surface area contributed by atoms with Crippen molar-refractivity contribution in [3.63, 3.8) is 0 Å². The highest BCUT2D eigenvalue weighted by atomic mass is 32.3. The molecular weight excluding hydrogens is 176 g/mol. The van der Waals surface area contributed by atoms with Gasteiger partial charge in [0.1, 0.15) is 0 Å². The summed E-state index contributed by atoms with van der Waals surface area (Å²) in [5.41, 5.74) is 0. The molecule has 0 fully saturated rings. The fraction of sp³-hybridized carbons (Fsp3) is 1.00. The summed E-state index contributed by atoms with van der Waals surface area (Å²) in [7, 11) is 0. The van der Waals surface area contributed by atoms with Crippen molar-refractivity contribution < 1.29 is 17.5 Å². The molecule has 6 heteroatoms. The summed E-state index contributed by atoms with van der Waals surface area (Å²) in [4.78, 5) is 0. The van der Waals surface area contributed by atoms with E-state index in [9.17, 15) is 17.5 Å². The van der Waals surface area contributed by atoms with Crippen LogP contribution in [0.5, 0.6) is 0 Å². The van der Waals surface area contributed by atoms with Gasteiger partial charge in [0.25, 0.3) is 0 Å². The van der Waals surface area contributed by atoms with Gasteiger partial charge < -0.3 is 9.11 Å². The molecule has 0 aromatic rings. The maximum atomic E-state index is 10.1. The van der Waals surface area contributed by atoms with Crippen LogP contribution in [0.1, 0.15) is 19.8 Å². The van der Waals surface area contributed by atoms with E-state index in [0.29, 0.717) is 6.42 Å². The molecule has 0 heterocycles. The van der Waals surface area contributed by atoms with Crippen molar-refractivity contribution in [3.05, 3.63) is 0 Å². The van der Waals surface area contributed by atoms with Crippen LogP contribution < -0.4 is 0 Å². The second-order valence-corrected chi connectivity index (χ2v) is 4.22. The number of hydrogen-bond donors (Lipinski definition) is 0. The van der Waals surface area contributed by atoms with Crippen LogP contribution in [0.15, 0.2) is 0 Å². The van der Waals surface area contributed by atoms with E-state index >= 15 is 0 Å². The van der Waals surface area contributed by atoms with Crippen molar-refractivity contribution in [2.24, 2.45) is 0 Å². The van der Waals surface area contributed by atoms with E-state index < -0.39 is 26.7 Å². The molecule has 0 saturated heterocycles. The van der Waals surface area contributed by atoms with Gasteiger partial charge >= 0.3 is 0 Å². The normalized spacial score (nSPS) is 19.9. The molecule has 0 radical (unpaired) electrons. The van der Waals surface area contributed by atoms with Crippen LogP contribution in [-0.4, -0.2) is 22.1 Å². The van der Waals surface area contributed by atoms with Gasteiger partial charge in [-0.05, 0) is 28.6 Å². The van der Waals surface area contributed by atoms with Crippen molar-refractivity contribution in [3.8, 4) is 0 Å². The highest BCUT2D eigenvalue weighted by Gasteiger charge is 2.07. The van der Waals surface area contributed by atoms with Crippen LogP contribution in [0, 0.1) is 0 Å². The molecule has 0 aliphatic carbocycles. The Bertz CT molecular complexity index is 132. The largest absolute Gasteiger partial charge is 0.771 e. The summed E-state index contributed by atoms with van der Waals surface area (Å²) in [5, 5.41) is 0. The standard InChI is InChI=1S/C4H10O4S2/c1-2-3-4(9(5)6)10(7)8/h4H,2-3H2,1H3,(H,5,6)(H,7,8)/p-2. The minimum Gasteiger partial charge on any atom is -0.771 e. The third-order valence-corrected chi connectivity index (χ3v) is 3.23. The van der Waals surface area contributed by atoms with E-state index in [-0.39, 0.29) is 6.42 Å². The average Bonchev–Trinajstić information content (AvgIpc) is 1.81. The smallest absolute Gasteiger partial charge is 0.0836 e. The molecule has 0 aliphatic heterocycles. The van der Waals surface area contributed by atoms with E-state index in [2.05, 4.69) is 0 Å². The van der Waals surface area contributed by atoms with E-state index in [1.165, 1.54) is 0 Å². The van der Waals surface area contributed by atoms with Gasteiger partial charge in [-0.3, -0.25) is 8.42 Å². The predicted molar refractivity (Wildman–Crippen MR) is 36.5 cm³/mol. The molecule has 2 unspecified atom stereocenters. The van der Waals surface area contributed by atoms with Gasteiger partial charge in [-0.1, -0.05) is 13.3 Å². The molecule has 62 valence electrons. The zero-order valence-corrected chi connectivity index (χ0v) is 7.07. The molecule has 0 aromatic carbocycles. The molecule has 0 aliphatic rings. The zero-order valence-electron chi connectivity index (χ0n) is 5.44. The first kappa shape index (κ1) is 10.2. The molecule has 0 rings (SSSR count). The fourth-order valence-corrected chi connectivity index (χ4v) is 1.86. The molecule has 0 N–H and O–H groups in total. The van der Waals surface area contributed by atoms with Gasteiger partial charge in [0.05, 0.1) is 4.58 Å². The third kappa shape index (κ3) is 3.40. The lowest BCUT2D eigenvalue weighted by Crippen LogP contribution is -2.19. The average molecular weight is 184 g/mol. The van der Waals surface area contributed by atoms with Crippen LogP contribution in [0.25, 0.3) is 0 Å². The Hall–Kier alpha value is 0.220. The highest BCUT2D eigenvalue weighted by molar-refractivity contribution is 7.97. The monoisotopic (exact) mass is 184 g/mol. The van der Waals surface area contributed by atoms with Gasteiger partial charge in [0, 0.05) is 0 Å². The Morgan fingerprint density at radius 2 is 1.70 bits per heavy atom. The van der Waals surface area contributed by atoms with Crippen LogP contribution in [0.4, 0.5) is 0 Å². The van der Waals surface area contributed by atoms with Crippen molar-refractivity contribution in [1.29, 1.82) is 0 Å². The fourth-order valence-electron chi connectivity index (χ4n) is 0.492. The van der Waals surface area contributed by atoms with Crippen LogP contribution in [0.3, 0.4) is 0 Å². The summed E-state index contributed by atoms with van der Waals surface area (Å²) in [5.74, 6) is 0. The molecule has 10 heavy (non-hydrogen) atoms. The Labute approximate surface area is 64.6 Å². The lowest BCUT2D eigenvalue weighted by Gasteiger charge is -2.20. The Morgan fingerprint density at radius 3 is 1.80 bits per heavy atom. The van der Waals surface area contributed by atoms with Gasteiger partial charge in [-0.25, -0.2) is 0 Å². The summed E-state index contributed by atoms with van der Waals surface area (Å²) < 4.78 is 39.3. The van der Waals surface area contributed by atoms with Gasteiger partial charge in [-0.15, -0.1) is 0 Å².